The maximum absolute atomic E-state index is 5.23. The summed E-state index contributed by atoms with van der Waals surface area (Å²) in [7, 11) is 0. The summed E-state index contributed by atoms with van der Waals surface area (Å²) in [5.41, 5.74) is 17.4. The molecule has 2 aromatic heterocycles. The highest BCUT2D eigenvalue weighted by Gasteiger charge is 2.38. The number of aromatic nitrogens is 3. The van der Waals surface area contributed by atoms with Gasteiger partial charge in [-0.25, -0.2) is 9.97 Å². The average molecular weight is 754 g/mol. The molecule has 0 saturated carbocycles. The lowest BCUT2D eigenvalue weighted by atomic mass is 9.78. The SMILES string of the molecule is CC1(C)c2ccc3ccccc3c2-c2cccc(-c3ccc(-c4ccc(-c5cc(-c6cccc(-c7ccncc7)c6)nc(-c6ccccc6)n5)c5ccccc45)cc3)c21. The minimum absolute atomic E-state index is 0.125. The fourth-order valence-electron chi connectivity index (χ4n) is 9.35. The van der Waals surface area contributed by atoms with Crippen LogP contribution in [0.5, 0.6) is 0 Å². The summed E-state index contributed by atoms with van der Waals surface area (Å²) in [5.74, 6) is 0.697. The third-order valence-electron chi connectivity index (χ3n) is 12.2. The molecule has 278 valence electrons. The third kappa shape index (κ3) is 5.85. The van der Waals surface area contributed by atoms with Crippen LogP contribution in [0.3, 0.4) is 0 Å². The van der Waals surface area contributed by atoms with Crippen molar-refractivity contribution in [3.05, 3.63) is 212 Å². The van der Waals surface area contributed by atoms with Crippen molar-refractivity contribution in [3.63, 3.8) is 0 Å². The minimum atomic E-state index is -0.125. The number of hydrogen-bond donors (Lipinski definition) is 0. The molecule has 0 spiro atoms. The molecule has 0 saturated heterocycles. The molecule has 10 aromatic rings. The largest absolute Gasteiger partial charge is 0.265 e. The Kier molecular flexibility index (Phi) is 8.16. The topological polar surface area (TPSA) is 38.7 Å². The normalized spacial score (nSPS) is 12.7. The van der Waals surface area contributed by atoms with Gasteiger partial charge in [0.05, 0.1) is 11.4 Å². The molecule has 1 aliphatic carbocycles. The molecule has 0 bridgehead atoms. The molecule has 0 aliphatic heterocycles. The Bertz CT molecular complexity index is 3220. The number of fused-ring (bicyclic) bond motifs is 6. The van der Waals surface area contributed by atoms with Crippen molar-refractivity contribution in [2.75, 3.05) is 0 Å². The number of pyridine rings is 1. The van der Waals surface area contributed by atoms with E-state index < -0.39 is 0 Å². The summed E-state index contributed by atoms with van der Waals surface area (Å²) < 4.78 is 0. The fourth-order valence-corrected chi connectivity index (χ4v) is 9.35. The van der Waals surface area contributed by atoms with Crippen LogP contribution in [-0.2, 0) is 5.41 Å². The molecule has 3 nitrogen and oxygen atoms in total. The van der Waals surface area contributed by atoms with Crippen LogP contribution < -0.4 is 0 Å². The molecule has 3 heteroatoms. The van der Waals surface area contributed by atoms with Gasteiger partial charge in [0.1, 0.15) is 0 Å². The smallest absolute Gasteiger partial charge is 0.160 e. The highest BCUT2D eigenvalue weighted by Crippen LogP contribution is 2.54. The molecular weight excluding hydrogens is 715 g/mol. The van der Waals surface area contributed by atoms with E-state index >= 15 is 0 Å². The highest BCUT2D eigenvalue weighted by atomic mass is 14.9. The Balaban J connectivity index is 1.00. The molecule has 0 N–H and O–H groups in total. The van der Waals surface area contributed by atoms with Crippen molar-refractivity contribution in [1.29, 1.82) is 0 Å². The number of hydrogen-bond acceptors (Lipinski definition) is 3. The summed E-state index contributed by atoms with van der Waals surface area (Å²) in [4.78, 5) is 14.6. The summed E-state index contributed by atoms with van der Waals surface area (Å²) in [6.07, 6.45) is 3.66. The van der Waals surface area contributed by atoms with Gasteiger partial charge in [-0.3, -0.25) is 4.98 Å². The molecule has 1 aliphatic rings. The first kappa shape index (κ1) is 34.7. The van der Waals surface area contributed by atoms with Crippen LogP contribution in [0, 0.1) is 0 Å². The van der Waals surface area contributed by atoms with Crippen molar-refractivity contribution in [1.82, 2.24) is 15.0 Å². The second-order valence-electron chi connectivity index (χ2n) is 16.0. The molecule has 59 heavy (non-hydrogen) atoms. The molecule has 0 amide bonds. The van der Waals surface area contributed by atoms with Crippen molar-refractivity contribution >= 4 is 21.5 Å². The zero-order valence-corrected chi connectivity index (χ0v) is 32.9. The molecule has 0 unspecified atom stereocenters. The van der Waals surface area contributed by atoms with Crippen LogP contribution in [0.15, 0.2) is 200 Å². The quantitative estimate of drug-likeness (QED) is 0.170. The van der Waals surface area contributed by atoms with Gasteiger partial charge in [0.15, 0.2) is 5.82 Å². The second kappa shape index (κ2) is 13.9. The van der Waals surface area contributed by atoms with Crippen molar-refractivity contribution in [3.8, 4) is 78.4 Å². The van der Waals surface area contributed by atoms with Crippen LogP contribution >= 0.6 is 0 Å². The van der Waals surface area contributed by atoms with Gasteiger partial charge in [-0.1, -0.05) is 178 Å². The van der Waals surface area contributed by atoms with Gasteiger partial charge in [-0.05, 0) is 101 Å². The van der Waals surface area contributed by atoms with E-state index in [1.165, 1.54) is 60.7 Å². The molecule has 8 aromatic carbocycles. The average Bonchev–Trinajstić information content (AvgIpc) is 3.55. The molecule has 0 atom stereocenters. The van der Waals surface area contributed by atoms with E-state index in [-0.39, 0.29) is 5.41 Å². The standard InChI is InChI=1S/C56H39N3/c1-56(2)50-29-26-37-12-6-7-17-44(37)53(50)49-21-11-20-45(54(49)56)39-24-22-38(23-25-39)43-27-28-48(47-19-9-8-18-46(43)47)52-35-51(58-55(59-52)40-13-4-3-5-14-40)42-16-10-15-41(34-42)36-30-32-57-33-31-36/h3-35H,1-2H3. The predicted octanol–water partition coefficient (Wildman–Crippen LogP) is 14.5. The lowest BCUT2D eigenvalue weighted by molar-refractivity contribution is 0.662. The van der Waals surface area contributed by atoms with Crippen molar-refractivity contribution < 1.29 is 0 Å². The lowest BCUT2D eigenvalue weighted by Gasteiger charge is -2.24. The zero-order valence-electron chi connectivity index (χ0n) is 32.9. The molecule has 11 rings (SSSR count). The lowest BCUT2D eigenvalue weighted by Crippen LogP contribution is -2.16. The second-order valence-corrected chi connectivity index (χ2v) is 16.0. The Hall–Kier alpha value is -7.49. The van der Waals surface area contributed by atoms with E-state index in [1.54, 1.807) is 0 Å². The maximum atomic E-state index is 5.23. The first-order chi connectivity index (χ1) is 29.0. The first-order valence-corrected chi connectivity index (χ1v) is 20.3. The van der Waals surface area contributed by atoms with Crippen LogP contribution in [-0.4, -0.2) is 15.0 Å². The Morgan fingerprint density at radius 2 is 0.983 bits per heavy atom. The van der Waals surface area contributed by atoms with Crippen molar-refractivity contribution in [2.24, 2.45) is 0 Å². The molecule has 0 fully saturated rings. The van der Waals surface area contributed by atoms with Gasteiger partial charge in [0.25, 0.3) is 0 Å². The summed E-state index contributed by atoms with van der Waals surface area (Å²) in [6, 6.07) is 67.6. The number of nitrogens with zero attached hydrogens (tertiary/aromatic N) is 3. The Labute approximate surface area is 344 Å². The summed E-state index contributed by atoms with van der Waals surface area (Å²) >= 11 is 0. The minimum Gasteiger partial charge on any atom is -0.265 e. The Morgan fingerprint density at radius 1 is 0.373 bits per heavy atom. The Morgan fingerprint density at radius 3 is 1.78 bits per heavy atom. The van der Waals surface area contributed by atoms with E-state index in [0.717, 1.165) is 44.6 Å². The maximum Gasteiger partial charge on any atom is 0.160 e. The summed E-state index contributed by atoms with van der Waals surface area (Å²) in [6.45, 7) is 4.75. The van der Waals surface area contributed by atoms with Crippen LogP contribution in [0.4, 0.5) is 0 Å². The highest BCUT2D eigenvalue weighted by molar-refractivity contribution is 6.06. The fraction of sp³-hybridized carbons (Fsp3) is 0.0536. The molecule has 0 radical (unpaired) electrons. The summed E-state index contributed by atoms with van der Waals surface area (Å²) in [5, 5.41) is 4.94. The van der Waals surface area contributed by atoms with Gasteiger partial charge in [-0.2, -0.15) is 0 Å². The third-order valence-corrected chi connectivity index (χ3v) is 12.2. The van der Waals surface area contributed by atoms with E-state index in [2.05, 4.69) is 177 Å². The molecule has 2 heterocycles. The van der Waals surface area contributed by atoms with Gasteiger partial charge in [-0.15, -0.1) is 0 Å². The van der Waals surface area contributed by atoms with Crippen LogP contribution in [0.1, 0.15) is 25.0 Å². The van der Waals surface area contributed by atoms with E-state index in [0.29, 0.717) is 5.82 Å². The first-order valence-electron chi connectivity index (χ1n) is 20.3. The van der Waals surface area contributed by atoms with E-state index in [9.17, 15) is 0 Å². The van der Waals surface area contributed by atoms with Gasteiger partial charge >= 0.3 is 0 Å². The van der Waals surface area contributed by atoms with Gasteiger partial charge in [0.2, 0.25) is 0 Å². The van der Waals surface area contributed by atoms with Gasteiger partial charge < -0.3 is 0 Å². The number of rotatable bonds is 6. The van der Waals surface area contributed by atoms with E-state index in [1.807, 2.05) is 42.7 Å². The van der Waals surface area contributed by atoms with Crippen molar-refractivity contribution in [2.45, 2.75) is 19.3 Å². The monoisotopic (exact) mass is 753 g/mol. The van der Waals surface area contributed by atoms with Crippen LogP contribution in [0.25, 0.3) is 100.0 Å². The predicted molar refractivity (Wildman–Crippen MR) is 245 cm³/mol. The number of benzene rings is 8. The molecular formula is C56H39N3. The van der Waals surface area contributed by atoms with Gasteiger partial charge in [0, 0.05) is 34.5 Å². The van der Waals surface area contributed by atoms with E-state index in [4.69, 9.17) is 9.97 Å². The zero-order chi connectivity index (χ0) is 39.5. The van der Waals surface area contributed by atoms with Crippen LogP contribution in [0.2, 0.25) is 0 Å².